The molecule has 2 aromatic rings. The van der Waals surface area contributed by atoms with E-state index in [4.69, 9.17) is 10.3 Å². The number of aromatic nitrogens is 1. The van der Waals surface area contributed by atoms with Gasteiger partial charge in [0.05, 0.1) is 11.2 Å². The molecule has 0 fully saturated rings. The first kappa shape index (κ1) is 15.1. The van der Waals surface area contributed by atoms with Gasteiger partial charge in [-0.1, -0.05) is 29.1 Å². The van der Waals surface area contributed by atoms with Crippen molar-refractivity contribution in [3.05, 3.63) is 52.7 Å². The number of amidine groups is 1. The second kappa shape index (κ2) is 5.43. The van der Waals surface area contributed by atoms with Gasteiger partial charge in [-0.25, -0.2) is 4.39 Å². The van der Waals surface area contributed by atoms with Crippen molar-refractivity contribution >= 4 is 16.9 Å². The lowest BCUT2D eigenvalue weighted by Gasteiger charge is -2.34. The summed E-state index contributed by atoms with van der Waals surface area (Å²) in [5, 5.41) is 4.68. The topological polar surface area (TPSA) is 64.4 Å². The molecule has 1 aromatic heterocycles. The molecule has 2 N–H and O–H groups in total. The lowest BCUT2D eigenvalue weighted by Crippen LogP contribution is -2.30. The van der Waals surface area contributed by atoms with Crippen molar-refractivity contribution in [2.75, 3.05) is 0 Å². The van der Waals surface area contributed by atoms with Crippen LogP contribution >= 0.6 is 11.8 Å². The summed E-state index contributed by atoms with van der Waals surface area (Å²) >= 11 is 1.53. The number of hydrogen-bond acceptors (Lipinski definition) is 5. The van der Waals surface area contributed by atoms with Gasteiger partial charge in [-0.2, -0.15) is 0 Å². The zero-order valence-electron chi connectivity index (χ0n) is 12.8. The Morgan fingerprint density at radius 3 is 2.59 bits per heavy atom. The van der Waals surface area contributed by atoms with Crippen molar-refractivity contribution in [2.45, 2.75) is 38.0 Å². The van der Waals surface area contributed by atoms with Gasteiger partial charge >= 0.3 is 0 Å². The molecule has 1 aliphatic rings. The summed E-state index contributed by atoms with van der Waals surface area (Å²) in [5.74, 6) is 0.558. The van der Waals surface area contributed by atoms with Gasteiger partial charge in [0.25, 0.3) is 0 Å². The molecule has 0 saturated heterocycles. The van der Waals surface area contributed by atoms with Gasteiger partial charge in [-0.3, -0.25) is 4.99 Å². The average Bonchev–Trinajstić information content (AvgIpc) is 2.77. The third-order valence-corrected chi connectivity index (χ3v) is 5.10. The molecule has 116 valence electrons. The minimum absolute atomic E-state index is 0.124. The van der Waals surface area contributed by atoms with Crippen LogP contribution in [-0.4, -0.2) is 10.3 Å². The summed E-state index contributed by atoms with van der Waals surface area (Å²) in [7, 11) is 0. The second-order valence-corrected chi connectivity index (χ2v) is 7.00. The van der Waals surface area contributed by atoms with E-state index in [9.17, 15) is 4.39 Å². The molecule has 3 rings (SSSR count). The molecule has 1 aliphatic heterocycles. The summed E-state index contributed by atoms with van der Waals surface area (Å²) in [4.78, 5) is 4.62. The van der Waals surface area contributed by atoms with Crippen molar-refractivity contribution in [1.82, 2.24) is 5.16 Å². The number of hydrogen-bond donors (Lipinski definition) is 1. The number of nitrogens with zero attached hydrogens (tertiary/aromatic N) is 2. The summed E-state index contributed by atoms with van der Waals surface area (Å²) in [6.07, 6.45) is 0.757. The van der Waals surface area contributed by atoms with Gasteiger partial charge in [0, 0.05) is 10.8 Å². The van der Waals surface area contributed by atoms with E-state index in [-0.39, 0.29) is 11.1 Å². The van der Waals surface area contributed by atoms with Crippen molar-refractivity contribution in [3.63, 3.8) is 0 Å². The Kier molecular flexibility index (Phi) is 3.72. The number of halogens is 1. The molecule has 2 heterocycles. The summed E-state index contributed by atoms with van der Waals surface area (Å²) in [5.41, 5.74) is 8.49. The van der Waals surface area contributed by atoms with Crippen LogP contribution in [0.25, 0.3) is 0 Å². The first-order chi connectivity index (χ1) is 10.4. The van der Waals surface area contributed by atoms with E-state index < -0.39 is 5.54 Å². The Bertz CT molecular complexity index is 706. The first-order valence-corrected chi connectivity index (χ1v) is 7.98. The maximum Gasteiger partial charge on any atom is 0.155 e. The molecule has 2 atom stereocenters. The molecule has 0 saturated carbocycles. The van der Waals surface area contributed by atoms with Crippen LogP contribution in [0.4, 0.5) is 4.39 Å². The molecule has 22 heavy (non-hydrogen) atoms. The fourth-order valence-electron chi connectivity index (χ4n) is 2.97. The first-order valence-electron chi connectivity index (χ1n) is 7.10. The zero-order valence-corrected chi connectivity index (χ0v) is 13.6. The third-order valence-electron chi connectivity index (χ3n) is 4.08. The van der Waals surface area contributed by atoms with E-state index in [1.807, 2.05) is 20.8 Å². The Hall–Kier alpha value is -1.82. The van der Waals surface area contributed by atoms with Crippen molar-refractivity contribution in [2.24, 2.45) is 10.7 Å². The number of rotatable bonds is 2. The predicted molar refractivity (Wildman–Crippen MR) is 86.3 cm³/mol. The van der Waals surface area contributed by atoms with Crippen molar-refractivity contribution in [1.29, 1.82) is 0 Å². The Balaban J connectivity index is 2.00. The van der Waals surface area contributed by atoms with Crippen LogP contribution in [0.2, 0.25) is 0 Å². The molecular weight excluding hydrogens is 301 g/mol. The van der Waals surface area contributed by atoms with E-state index in [2.05, 4.69) is 10.1 Å². The molecule has 6 heteroatoms. The minimum Gasteiger partial charge on any atom is -0.378 e. The highest BCUT2D eigenvalue weighted by atomic mass is 32.2. The van der Waals surface area contributed by atoms with Crippen LogP contribution in [-0.2, 0) is 5.54 Å². The van der Waals surface area contributed by atoms with Gasteiger partial charge in [0.2, 0.25) is 0 Å². The van der Waals surface area contributed by atoms with Gasteiger partial charge < -0.3 is 10.3 Å². The highest BCUT2D eigenvalue weighted by Crippen LogP contribution is 2.47. The monoisotopic (exact) mass is 319 g/mol. The zero-order chi connectivity index (χ0) is 15.9. The number of benzene rings is 1. The Labute approximate surface area is 133 Å². The lowest BCUT2D eigenvalue weighted by molar-refractivity contribution is 0.390. The number of thioether (sulfide) groups is 1. The van der Waals surface area contributed by atoms with Crippen LogP contribution in [0.3, 0.4) is 0 Å². The highest BCUT2D eigenvalue weighted by molar-refractivity contribution is 8.14. The Morgan fingerprint density at radius 1 is 1.32 bits per heavy atom. The molecule has 0 spiro atoms. The lowest BCUT2D eigenvalue weighted by atomic mass is 9.86. The van der Waals surface area contributed by atoms with E-state index in [1.165, 1.54) is 23.9 Å². The fraction of sp³-hybridized carbons (Fsp3) is 0.375. The molecule has 0 bridgehead atoms. The van der Waals surface area contributed by atoms with Gasteiger partial charge in [0.15, 0.2) is 5.17 Å². The van der Waals surface area contributed by atoms with E-state index in [1.54, 1.807) is 12.1 Å². The minimum atomic E-state index is -0.482. The van der Waals surface area contributed by atoms with E-state index in [0.717, 1.165) is 29.0 Å². The fourth-order valence-corrected chi connectivity index (χ4v) is 4.37. The summed E-state index contributed by atoms with van der Waals surface area (Å²) in [6.45, 7) is 5.87. The van der Waals surface area contributed by atoms with Crippen LogP contribution in [0.15, 0.2) is 33.8 Å². The molecule has 1 aromatic carbocycles. The van der Waals surface area contributed by atoms with E-state index >= 15 is 0 Å². The standard InChI is InChI=1S/C16H18FN3OS/c1-9-14(10(2)21-20-9)13-8-16(3,19-15(18)22-13)11-4-6-12(17)7-5-11/h4-7,13H,8H2,1-3H3,(H2,18,19)/t13-,16-/m0/s1. The molecular formula is C16H18FN3OS. The molecule has 0 amide bonds. The van der Waals surface area contributed by atoms with Crippen molar-refractivity contribution in [3.8, 4) is 0 Å². The smallest absolute Gasteiger partial charge is 0.155 e. The molecule has 0 unspecified atom stereocenters. The number of aryl methyl sites for hydroxylation is 2. The van der Waals surface area contributed by atoms with Gasteiger partial charge in [0.1, 0.15) is 11.6 Å². The molecule has 4 nitrogen and oxygen atoms in total. The summed E-state index contributed by atoms with van der Waals surface area (Å²) in [6, 6.07) is 6.46. The van der Waals surface area contributed by atoms with Gasteiger partial charge in [-0.15, -0.1) is 0 Å². The van der Waals surface area contributed by atoms with Crippen LogP contribution in [0.5, 0.6) is 0 Å². The van der Waals surface area contributed by atoms with Crippen LogP contribution in [0, 0.1) is 19.7 Å². The average molecular weight is 319 g/mol. The Morgan fingerprint density at radius 2 is 2.00 bits per heavy atom. The maximum atomic E-state index is 13.2. The van der Waals surface area contributed by atoms with Gasteiger partial charge in [-0.05, 0) is 44.9 Å². The predicted octanol–water partition coefficient (Wildman–Crippen LogP) is 3.84. The van der Waals surface area contributed by atoms with Crippen molar-refractivity contribution < 1.29 is 8.91 Å². The second-order valence-electron chi connectivity index (χ2n) is 5.78. The normalized spacial score (nSPS) is 25.1. The van der Waals surface area contributed by atoms with Crippen LogP contribution < -0.4 is 5.73 Å². The number of nitrogens with two attached hydrogens (primary N) is 1. The molecule has 0 radical (unpaired) electrons. The van der Waals surface area contributed by atoms with Crippen LogP contribution in [0.1, 0.15) is 41.2 Å². The SMILES string of the molecule is Cc1noc(C)c1[C@@H]1C[C@@](C)(c2ccc(F)cc2)N=C(N)S1. The quantitative estimate of drug-likeness (QED) is 0.913. The largest absolute Gasteiger partial charge is 0.378 e. The van der Waals surface area contributed by atoms with E-state index in [0.29, 0.717) is 5.17 Å². The maximum absolute atomic E-state index is 13.2. The molecule has 0 aliphatic carbocycles. The highest BCUT2D eigenvalue weighted by Gasteiger charge is 2.37. The number of aliphatic imine (C=N–C) groups is 1. The summed E-state index contributed by atoms with van der Waals surface area (Å²) < 4.78 is 18.5. The third kappa shape index (κ3) is 2.63.